The normalized spacial score (nSPS) is 16.6. The number of thiophene rings is 1. The zero-order valence-corrected chi connectivity index (χ0v) is 15.0. The molecule has 0 saturated carbocycles. The smallest absolute Gasteiger partial charge is 0.247 e. The van der Waals surface area contributed by atoms with Crippen LogP contribution in [0.5, 0.6) is 11.6 Å². The maximum Gasteiger partial charge on any atom is 0.247 e. The predicted molar refractivity (Wildman–Crippen MR) is 98.4 cm³/mol. The third kappa shape index (κ3) is 2.64. The molecule has 0 spiro atoms. The van der Waals surface area contributed by atoms with Gasteiger partial charge >= 0.3 is 0 Å². The number of aryl methyl sites for hydroxylation is 1. The first-order chi connectivity index (χ1) is 12.8. The second-order valence-corrected chi connectivity index (χ2v) is 7.66. The van der Waals surface area contributed by atoms with Crippen molar-refractivity contribution in [1.82, 2.24) is 20.2 Å². The third-order valence-electron chi connectivity index (χ3n) is 4.73. The summed E-state index contributed by atoms with van der Waals surface area (Å²) in [5, 5.41) is 8.68. The highest BCUT2D eigenvalue weighted by Gasteiger charge is 2.23. The van der Waals surface area contributed by atoms with Crippen LogP contribution in [0.15, 0.2) is 41.4 Å². The van der Waals surface area contributed by atoms with Crippen LogP contribution in [0.2, 0.25) is 0 Å². The summed E-state index contributed by atoms with van der Waals surface area (Å²) in [6.45, 7) is 2.31. The lowest BCUT2D eigenvalue weighted by molar-refractivity contribution is 0.466. The molecule has 0 fully saturated rings. The number of rotatable bonds is 3. The van der Waals surface area contributed by atoms with Crippen LogP contribution in [0.1, 0.15) is 23.8 Å². The molecule has 1 atom stereocenters. The second kappa shape index (κ2) is 6.17. The van der Waals surface area contributed by atoms with E-state index < -0.39 is 0 Å². The van der Waals surface area contributed by atoms with Crippen molar-refractivity contribution in [1.29, 1.82) is 0 Å². The summed E-state index contributed by atoms with van der Waals surface area (Å²) in [5.41, 5.74) is 2.21. The van der Waals surface area contributed by atoms with E-state index in [-0.39, 0.29) is 0 Å². The summed E-state index contributed by atoms with van der Waals surface area (Å²) in [4.78, 5) is 11.3. The molecule has 3 aromatic heterocycles. The maximum absolute atomic E-state index is 6.10. The summed E-state index contributed by atoms with van der Waals surface area (Å²) in [6.07, 6.45) is 6.28. The Labute approximate surface area is 153 Å². The predicted octanol–water partition coefficient (Wildman–Crippen LogP) is 4.66. The van der Waals surface area contributed by atoms with Gasteiger partial charge in [0.1, 0.15) is 16.9 Å². The topological polar surface area (TPSA) is 73.9 Å². The Kier molecular flexibility index (Phi) is 3.67. The Morgan fingerprint density at radius 3 is 2.88 bits per heavy atom. The van der Waals surface area contributed by atoms with Gasteiger partial charge in [-0.2, -0.15) is 0 Å². The molecule has 0 N–H and O–H groups in total. The van der Waals surface area contributed by atoms with E-state index in [2.05, 4.69) is 27.1 Å². The van der Waals surface area contributed by atoms with Crippen molar-refractivity contribution in [3.63, 3.8) is 0 Å². The molecule has 1 unspecified atom stereocenters. The Morgan fingerprint density at radius 2 is 2.08 bits per heavy atom. The van der Waals surface area contributed by atoms with Crippen LogP contribution >= 0.6 is 11.3 Å². The van der Waals surface area contributed by atoms with Crippen molar-refractivity contribution in [2.45, 2.75) is 26.2 Å². The average molecular weight is 364 g/mol. The molecule has 7 heteroatoms. The highest BCUT2D eigenvalue weighted by Crippen LogP contribution is 2.41. The minimum Gasteiger partial charge on any atom is -0.438 e. The molecule has 0 saturated heterocycles. The largest absolute Gasteiger partial charge is 0.438 e. The number of ether oxygens (including phenoxy) is 1. The van der Waals surface area contributed by atoms with Gasteiger partial charge < -0.3 is 9.15 Å². The van der Waals surface area contributed by atoms with Crippen molar-refractivity contribution < 1.29 is 9.15 Å². The molecule has 4 aromatic rings. The van der Waals surface area contributed by atoms with Crippen molar-refractivity contribution >= 4 is 21.6 Å². The molecule has 6 nitrogen and oxygen atoms in total. The SMILES string of the molecule is CC1CCc2c(sc3ncnc(Oc4ccc(-c5nnco5)cc4)c23)C1. The fourth-order valence-corrected chi connectivity index (χ4v) is 4.74. The molecule has 26 heavy (non-hydrogen) atoms. The van der Waals surface area contributed by atoms with E-state index in [1.54, 1.807) is 17.7 Å². The highest BCUT2D eigenvalue weighted by molar-refractivity contribution is 7.18. The lowest BCUT2D eigenvalue weighted by Crippen LogP contribution is -2.08. The Morgan fingerprint density at radius 1 is 1.19 bits per heavy atom. The molecular formula is C19H16N4O2S. The molecule has 0 radical (unpaired) electrons. The van der Waals surface area contributed by atoms with E-state index in [1.165, 1.54) is 23.3 Å². The Bertz CT molecular complexity index is 1060. The number of hydrogen-bond donors (Lipinski definition) is 0. The van der Waals surface area contributed by atoms with Crippen LogP contribution in [-0.4, -0.2) is 20.2 Å². The Balaban J connectivity index is 1.50. The van der Waals surface area contributed by atoms with E-state index in [0.29, 0.717) is 11.8 Å². The second-order valence-electron chi connectivity index (χ2n) is 6.58. The summed E-state index contributed by atoms with van der Waals surface area (Å²) >= 11 is 1.77. The van der Waals surface area contributed by atoms with Gasteiger partial charge in [-0.15, -0.1) is 21.5 Å². The van der Waals surface area contributed by atoms with Crippen molar-refractivity contribution in [3.05, 3.63) is 47.4 Å². The van der Waals surface area contributed by atoms with E-state index in [9.17, 15) is 0 Å². The lowest BCUT2D eigenvalue weighted by atomic mass is 9.89. The van der Waals surface area contributed by atoms with E-state index in [4.69, 9.17) is 9.15 Å². The fraction of sp³-hybridized carbons (Fsp3) is 0.263. The number of nitrogens with zero attached hydrogens (tertiary/aromatic N) is 4. The molecule has 3 heterocycles. The van der Waals surface area contributed by atoms with Gasteiger partial charge in [0.2, 0.25) is 18.2 Å². The van der Waals surface area contributed by atoms with E-state index >= 15 is 0 Å². The van der Waals surface area contributed by atoms with Gasteiger partial charge in [0, 0.05) is 10.4 Å². The van der Waals surface area contributed by atoms with Crippen molar-refractivity contribution in [2.75, 3.05) is 0 Å². The molecule has 130 valence electrons. The minimum atomic E-state index is 0.488. The summed E-state index contributed by atoms with van der Waals surface area (Å²) in [7, 11) is 0. The van der Waals surface area contributed by atoms with Crippen LogP contribution in [0.25, 0.3) is 21.7 Å². The molecule has 0 aliphatic heterocycles. The van der Waals surface area contributed by atoms with Gasteiger partial charge in [-0.05, 0) is 55.0 Å². The van der Waals surface area contributed by atoms with Crippen LogP contribution in [0, 0.1) is 5.92 Å². The third-order valence-corrected chi connectivity index (χ3v) is 5.90. The summed E-state index contributed by atoms with van der Waals surface area (Å²) < 4.78 is 11.3. The first kappa shape index (κ1) is 15.5. The van der Waals surface area contributed by atoms with Gasteiger partial charge in [-0.3, -0.25) is 0 Å². The molecule has 1 aromatic carbocycles. The number of hydrogen-bond acceptors (Lipinski definition) is 7. The lowest BCUT2D eigenvalue weighted by Gasteiger charge is -2.18. The summed E-state index contributed by atoms with van der Waals surface area (Å²) in [6, 6.07) is 7.56. The average Bonchev–Trinajstić information content (AvgIpc) is 3.30. The van der Waals surface area contributed by atoms with Crippen LogP contribution in [0.3, 0.4) is 0 Å². The zero-order valence-electron chi connectivity index (χ0n) is 14.2. The van der Waals surface area contributed by atoms with Crippen LogP contribution in [-0.2, 0) is 12.8 Å². The molecular weight excluding hydrogens is 348 g/mol. The number of fused-ring (bicyclic) bond motifs is 3. The molecule has 0 bridgehead atoms. The standard InChI is InChI=1S/C19H16N4O2S/c1-11-2-7-14-15(8-11)26-19-16(14)18(20-9-21-19)25-13-5-3-12(4-6-13)17-23-22-10-24-17/h3-6,9-11H,2,7-8H2,1H3. The first-order valence-corrected chi connectivity index (χ1v) is 9.39. The van der Waals surface area contributed by atoms with Crippen molar-refractivity contribution in [2.24, 2.45) is 5.92 Å². The van der Waals surface area contributed by atoms with Crippen LogP contribution in [0.4, 0.5) is 0 Å². The van der Waals surface area contributed by atoms with E-state index in [0.717, 1.165) is 40.3 Å². The van der Waals surface area contributed by atoms with Gasteiger partial charge in [-0.25, -0.2) is 9.97 Å². The molecule has 1 aliphatic carbocycles. The van der Waals surface area contributed by atoms with Crippen LogP contribution < -0.4 is 4.74 Å². The van der Waals surface area contributed by atoms with Gasteiger partial charge in [-0.1, -0.05) is 6.92 Å². The van der Waals surface area contributed by atoms with Gasteiger partial charge in [0.25, 0.3) is 0 Å². The zero-order chi connectivity index (χ0) is 17.5. The van der Waals surface area contributed by atoms with E-state index in [1.807, 2.05) is 24.3 Å². The fourth-order valence-electron chi connectivity index (χ4n) is 3.40. The van der Waals surface area contributed by atoms with Gasteiger partial charge in [0.05, 0.1) is 5.39 Å². The number of aromatic nitrogens is 4. The molecule has 5 rings (SSSR count). The number of benzene rings is 1. The molecule has 1 aliphatic rings. The minimum absolute atomic E-state index is 0.488. The quantitative estimate of drug-likeness (QED) is 0.526. The monoisotopic (exact) mass is 364 g/mol. The van der Waals surface area contributed by atoms with Gasteiger partial charge in [0.15, 0.2) is 0 Å². The maximum atomic E-state index is 6.10. The highest BCUT2D eigenvalue weighted by atomic mass is 32.1. The van der Waals surface area contributed by atoms with Crippen molar-refractivity contribution in [3.8, 4) is 23.1 Å². The molecule has 0 amide bonds. The first-order valence-electron chi connectivity index (χ1n) is 8.57. The summed E-state index contributed by atoms with van der Waals surface area (Å²) in [5.74, 6) is 2.57. The Hall–Kier alpha value is -2.80.